The van der Waals surface area contributed by atoms with Crippen molar-refractivity contribution >= 4 is 12.2 Å². The molecule has 0 bridgehead atoms. The van der Waals surface area contributed by atoms with Crippen LogP contribution in [-0.2, 0) is 17.5 Å². The lowest BCUT2D eigenvalue weighted by atomic mass is 10.1. The minimum absolute atomic E-state index is 0.101. The highest BCUT2D eigenvalue weighted by Crippen LogP contribution is 2.30. The Morgan fingerprint density at radius 1 is 1.12 bits per heavy atom. The van der Waals surface area contributed by atoms with Gasteiger partial charge in [0.25, 0.3) is 0 Å². The Morgan fingerprint density at radius 3 is 2.54 bits per heavy atom. The van der Waals surface area contributed by atoms with Gasteiger partial charge in [0, 0.05) is 6.54 Å². The molecule has 0 fully saturated rings. The van der Waals surface area contributed by atoms with Crippen molar-refractivity contribution in [3.05, 3.63) is 77.1 Å². The van der Waals surface area contributed by atoms with Crippen molar-refractivity contribution in [2.75, 3.05) is 6.54 Å². The summed E-state index contributed by atoms with van der Waals surface area (Å²) in [5.74, 6) is -0.956. The van der Waals surface area contributed by atoms with E-state index in [-0.39, 0.29) is 18.7 Å². The molecule has 0 aliphatic carbocycles. The number of hydrogen-bond donors (Lipinski definition) is 1. The molecular weight excluding hydrogens is 350 g/mol. The number of amides is 1. The first-order valence-corrected chi connectivity index (χ1v) is 7.83. The predicted molar refractivity (Wildman–Crippen MR) is 89.7 cm³/mol. The molecule has 1 N–H and O–H groups in total. The van der Waals surface area contributed by atoms with Crippen LogP contribution in [0.1, 0.15) is 23.1 Å². The summed E-state index contributed by atoms with van der Waals surface area (Å²) in [6.07, 6.45) is -1.92. The first-order chi connectivity index (χ1) is 12.3. The number of alkyl carbamates (subject to hydrolysis) is 1. The minimum atomic E-state index is -4.60. The third kappa shape index (κ3) is 6.58. The van der Waals surface area contributed by atoms with Crippen LogP contribution in [0.25, 0.3) is 6.08 Å². The molecule has 0 radical (unpaired) electrons. The molecule has 0 aliphatic heterocycles. The maximum atomic E-state index is 13.3. The Bertz CT molecular complexity index is 758. The van der Waals surface area contributed by atoms with Gasteiger partial charge in [0.1, 0.15) is 12.4 Å². The number of alkyl halides is 3. The van der Waals surface area contributed by atoms with E-state index >= 15 is 0 Å². The summed E-state index contributed by atoms with van der Waals surface area (Å²) in [5, 5.41) is 2.52. The monoisotopic (exact) mass is 367 g/mol. The second kappa shape index (κ2) is 9.03. The van der Waals surface area contributed by atoms with Crippen molar-refractivity contribution in [1.82, 2.24) is 5.32 Å². The van der Waals surface area contributed by atoms with Gasteiger partial charge in [-0.1, -0.05) is 42.5 Å². The molecule has 0 heterocycles. The van der Waals surface area contributed by atoms with Crippen molar-refractivity contribution < 1.29 is 27.1 Å². The Hall–Kier alpha value is -2.83. The van der Waals surface area contributed by atoms with Gasteiger partial charge in [-0.25, -0.2) is 9.18 Å². The van der Waals surface area contributed by atoms with E-state index in [1.165, 1.54) is 6.08 Å². The third-order valence-corrected chi connectivity index (χ3v) is 3.35. The zero-order chi connectivity index (χ0) is 19.0. The summed E-state index contributed by atoms with van der Waals surface area (Å²) >= 11 is 0. The Kier molecular flexibility index (Phi) is 6.77. The molecule has 26 heavy (non-hydrogen) atoms. The van der Waals surface area contributed by atoms with Crippen molar-refractivity contribution in [3.63, 3.8) is 0 Å². The van der Waals surface area contributed by atoms with E-state index in [2.05, 4.69) is 5.32 Å². The maximum Gasteiger partial charge on any atom is 0.416 e. The SMILES string of the molecule is O=C(NCCC=Cc1cc(F)cc(C(F)(F)F)c1)OCc1ccccc1. The van der Waals surface area contributed by atoms with Gasteiger partial charge in [-0.05, 0) is 35.7 Å². The van der Waals surface area contributed by atoms with Gasteiger partial charge in [-0.2, -0.15) is 13.2 Å². The zero-order valence-corrected chi connectivity index (χ0v) is 13.7. The predicted octanol–water partition coefficient (Wildman–Crippen LogP) is 5.17. The highest BCUT2D eigenvalue weighted by molar-refractivity contribution is 5.67. The van der Waals surface area contributed by atoms with Crippen LogP contribution in [0, 0.1) is 5.82 Å². The second-order valence-corrected chi connectivity index (χ2v) is 5.45. The first kappa shape index (κ1) is 19.5. The lowest BCUT2D eigenvalue weighted by Gasteiger charge is -2.07. The van der Waals surface area contributed by atoms with Gasteiger partial charge in [0.15, 0.2) is 0 Å². The maximum absolute atomic E-state index is 13.3. The molecule has 1 amide bonds. The molecular formula is C19H17F4NO2. The highest BCUT2D eigenvalue weighted by Gasteiger charge is 2.31. The highest BCUT2D eigenvalue weighted by atomic mass is 19.4. The fraction of sp³-hybridized carbons (Fsp3) is 0.211. The Morgan fingerprint density at radius 2 is 1.85 bits per heavy atom. The topological polar surface area (TPSA) is 38.3 Å². The average Bonchev–Trinajstić information content (AvgIpc) is 2.59. The van der Waals surface area contributed by atoms with Crippen molar-refractivity contribution in [2.45, 2.75) is 19.2 Å². The molecule has 0 atom stereocenters. The number of hydrogen-bond acceptors (Lipinski definition) is 2. The molecule has 0 aromatic heterocycles. The lowest BCUT2D eigenvalue weighted by Crippen LogP contribution is -2.24. The van der Waals surface area contributed by atoms with Gasteiger partial charge in [-0.15, -0.1) is 0 Å². The molecule has 2 aromatic carbocycles. The van der Waals surface area contributed by atoms with Crippen molar-refractivity contribution in [1.29, 1.82) is 0 Å². The zero-order valence-electron chi connectivity index (χ0n) is 13.7. The molecule has 2 rings (SSSR count). The van der Waals surface area contributed by atoms with Crippen LogP contribution >= 0.6 is 0 Å². The molecule has 0 unspecified atom stereocenters. The minimum Gasteiger partial charge on any atom is -0.445 e. The first-order valence-electron chi connectivity index (χ1n) is 7.83. The lowest BCUT2D eigenvalue weighted by molar-refractivity contribution is -0.137. The van der Waals surface area contributed by atoms with Crippen molar-refractivity contribution in [2.24, 2.45) is 0 Å². The van der Waals surface area contributed by atoms with Gasteiger partial charge < -0.3 is 10.1 Å². The smallest absolute Gasteiger partial charge is 0.416 e. The number of ether oxygens (including phenoxy) is 1. The quantitative estimate of drug-likeness (QED) is 0.565. The Labute approximate surface area is 148 Å². The van der Waals surface area contributed by atoms with Crippen LogP contribution in [0.5, 0.6) is 0 Å². The number of carbonyl (C=O) groups excluding carboxylic acids is 1. The number of carbonyl (C=O) groups is 1. The standard InChI is InChI=1S/C19H17F4NO2/c20-17-11-15(10-16(12-17)19(21,22)23)8-4-5-9-24-18(25)26-13-14-6-2-1-3-7-14/h1-4,6-8,10-12H,5,9,13H2,(H,24,25). The molecule has 0 aliphatic rings. The summed E-state index contributed by atoms with van der Waals surface area (Å²) < 4.78 is 56.1. The summed E-state index contributed by atoms with van der Waals surface area (Å²) in [6.45, 7) is 0.386. The van der Waals surface area contributed by atoms with E-state index in [1.54, 1.807) is 6.08 Å². The second-order valence-electron chi connectivity index (χ2n) is 5.45. The van der Waals surface area contributed by atoms with Gasteiger partial charge in [0.05, 0.1) is 5.56 Å². The number of halogens is 4. The number of rotatable bonds is 6. The summed E-state index contributed by atoms with van der Waals surface area (Å²) in [4.78, 5) is 11.5. The van der Waals surface area contributed by atoms with Crippen LogP contribution in [0.4, 0.5) is 22.4 Å². The molecule has 0 saturated carbocycles. The average molecular weight is 367 g/mol. The van der Waals surface area contributed by atoms with Crippen LogP contribution in [-0.4, -0.2) is 12.6 Å². The van der Waals surface area contributed by atoms with E-state index < -0.39 is 23.7 Å². The third-order valence-electron chi connectivity index (χ3n) is 3.35. The summed E-state index contributed by atoms with van der Waals surface area (Å²) in [6, 6.07) is 11.5. The van der Waals surface area contributed by atoms with Crippen LogP contribution in [0.15, 0.2) is 54.6 Å². The molecule has 0 spiro atoms. The fourth-order valence-corrected chi connectivity index (χ4v) is 2.12. The molecule has 7 heteroatoms. The van der Waals surface area contributed by atoms with Gasteiger partial charge in [0.2, 0.25) is 0 Å². The summed E-state index contributed by atoms with van der Waals surface area (Å²) in [5.41, 5.74) is -0.0853. The van der Waals surface area contributed by atoms with Gasteiger partial charge in [-0.3, -0.25) is 0 Å². The molecule has 3 nitrogen and oxygen atoms in total. The van der Waals surface area contributed by atoms with E-state index in [0.717, 1.165) is 17.7 Å². The van der Waals surface area contributed by atoms with Crippen LogP contribution in [0.3, 0.4) is 0 Å². The largest absolute Gasteiger partial charge is 0.445 e. The van der Waals surface area contributed by atoms with E-state index in [9.17, 15) is 22.4 Å². The van der Waals surface area contributed by atoms with E-state index in [0.29, 0.717) is 12.5 Å². The van der Waals surface area contributed by atoms with E-state index in [4.69, 9.17) is 4.74 Å². The number of benzene rings is 2. The van der Waals surface area contributed by atoms with Gasteiger partial charge >= 0.3 is 12.3 Å². The van der Waals surface area contributed by atoms with Crippen molar-refractivity contribution in [3.8, 4) is 0 Å². The molecule has 2 aromatic rings. The fourth-order valence-electron chi connectivity index (χ4n) is 2.12. The molecule has 0 saturated heterocycles. The molecule has 138 valence electrons. The normalized spacial score (nSPS) is 11.5. The van der Waals surface area contributed by atoms with Crippen LogP contribution < -0.4 is 5.32 Å². The Balaban J connectivity index is 1.75. The summed E-state index contributed by atoms with van der Waals surface area (Å²) in [7, 11) is 0. The number of nitrogens with one attached hydrogen (secondary N) is 1. The van der Waals surface area contributed by atoms with E-state index in [1.807, 2.05) is 30.3 Å². The van der Waals surface area contributed by atoms with Crippen LogP contribution in [0.2, 0.25) is 0 Å².